The lowest BCUT2D eigenvalue weighted by atomic mass is 9.98. The third-order valence-electron chi connectivity index (χ3n) is 3.17. The highest BCUT2D eigenvalue weighted by Gasteiger charge is 2.40. The highest BCUT2D eigenvalue weighted by atomic mass is 16.5. The van der Waals surface area contributed by atoms with Crippen molar-refractivity contribution in [1.82, 2.24) is 4.90 Å². The molecular formula is C15H22N2O2. The molecule has 1 saturated heterocycles. The molecule has 1 aromatic carbocycles. The molecule has 1 aromatic rings. The number of nitrogens with zero attached hydrogens (tertiary/aromatic N) is 1. The molecule has 0 radical (unpaired) electrons. The zero-order valence-corrected chi connectivity index (χ0v) is 12.1. The number of para-hydroxylation sites is 1. The molecule has 0 aromatic heterocycles. The quantitative estimate of drug-likeness (QED) is 0.790. The van der Waals surface area contributed by atoms with E-state index in [2.05, 4.69) is 0 Å². The van der Waals surface area contributed by atoms with Gasteiger partial charge in [-0.05, 0) is 39.8 Å². The SMILES string of the molecule is CC1(C)CN(C(=O)c2ccccc2N)CC(C)(C)O1. The lowest BCUT2D eigenvalue weighted by molar-refractivity contribution is -0.171. The summed E-state index contributed by atoms with van der Waals surface area (Å²) in [4.78, 5) is 14.4. The van der Waals surface area contributed by atoms with Gasteiger partial charge in [-0.1, -0.05) is 12.1 Å². The van der Waals surface area contributed by atoms with Gasteiger partial charge in [-0.15, -0.1) is 0 Å². The maximum Gasteiger partial charge on any atom is 0.256 e. The summed E-state index contributed by atoms with van der Waals surface area (Å²) < 4.78 is 5.98. The van der Waals surface area contributed by atoms with Gasteiger partial charge in [0.05, 0.1) is 16.8 Å². The summed E-state index contributed by atoms with van der Waals surface area (Å²) in [6, 6.07) is 7.19. The minimum absolute atomic E-state index is 0.0254. The number of carbonyl (C=O) groups is 1. The van der Waals surface area contributed by atoms with E-state index in [0.29, 0.717) is 24.3 Å². The van der Waals surface area contributed by atoms with Gasteiger partial charge in [0.25, 0.3) is 5.91 Å². The van der Waals surface area contributed by atoms with Crippen LogP contribution in [-0.2, 0) is 4.74 Å². The maximum atomic E-state index is 12.6. The topological polar surface area (TPSA) is 55.6 Å². The van der Waals surface area contributed by atoms with Crippen molar-refractivity contribution in [3.05, 3.63) is 29.8 Å². The van der Waals surface area contributed by atoms with E-state index in [0.717, 1.165) is 0 Å². The Balaban J connectivity index is 2.27. The molecule has 0 spiro atoms. The van der Waals surface area contributed by atoms with Gasteiger partial charge in [0.15, 0.2) is 0 Å². The van der Waals surface area contributed by atoms with Crippen molar-refractivity contribution in [2.75, 3.05) is 18.8 Å². The number of nitrogen functional groups attached to an aromatic ring is 1. The molecule has 2 rings (SSSR count). The molecule has 0 saturated carbocycles. The van der Waals surface area contributed by atoms with E-state index in [1.165, 1.54) is 0 Å². The van der Waals surface area contributed by atoms with E-state index in [1.54, 1.807) is 12.1 Å². The molecule has 1 fully saturated rings. The molecule has 1 heterocycles. The van der Waals surface area contributed by atoms with Crippen LogP contribution in [0.4, 0.5) is 5.69 Å². The lowest BCUT2D eigenvalue weighted by Gasteiger charge is -2.47. The van der Waals surface area contributed by atoms with Crippen molar-refractivity contribution >= 4 is 11.6 Å². The number of morpholine rings is 1. The number of anilines is 1. The second-order valence-electron chi connectivity index (χ2n) is 6.37. The first-order valence-electron chi connectivity index (χ1n) is 6.54. The highest BCUT2D eigenvalue weighted by Crippen LogP contribution is 2.29. The number of amides is 1. The number of nitrogens with two attached hydrogens (primary N) is 1. The smallest absolute Gasteiger partial charge is 0.256 e. The molecule has 1 aliphatic heterocycles. The average Bonchev–Trinajstić information content (AvgIpc) is 2.24. The fourth-order valence-corrected chi connectivity index (χ4v) is 2.79. The van der Waals surface area contributed by atoms with Gasteiger partial charge in [-0.2, -0.15) is 0 Å². The Labute approximate surface area is 114 Å². The minimum atomic E-state index is -0.346. The van der Waals surface area contributed by atoms with E-state index in [9.17, 15) is 4.79 Å². The van der Waals surface area contributed by atoms with Crippen molar-refractivity contribution in [3.63, 3.8) is 0 Å². The molecule has 0 bridgehead atoms. The molecule has 104 valence electrons. The predicted molar refractivity (Wildman–Crippen MR) is 76.0 cm³/mol. The highest BCUT2D eigenvalue weighted by molar-refractivity contribution is 5.99. The summed E-state index contributed by atoms with van der Waals surface area (Å²) in [5.74, 6) is -0.0254. The number of rotatable bonds is 1. The van der Waals surface area contributed by atoms with Gasteiger partial charge in [-0.25, -0.2) is 0 Å². The zero-order valence-electron chi connectivity index (χ0n) is 12.1. The Morgan fingerprint density at radius 1 is 1.16 bits per heavy atom. The van der Waals surface area contributed by atoms with Gasteiger partial charge in [0.1, 0.15) is 0 Å². The third-order valence-corrected chi connectivity index (χ3v) is 3.17. The Bertz CT molecular complexity index is 479. The van der Waals surface area contributed by atoms with Crippen molar-refractivity contribution < 1.29 is 9.53 Å². The molecular weight excluding hydrogens is 240 g/mol. The van der Waals surface area contributed by atoms with E-state index >= 15 is 0 Å². The Morgan fingerprint density at radius 3 is 2.21 bits per heavy atom. The first-order valence-corrected chi connectivity index (χ1v) is 6.54. The first kappa shape index (κ1) is 13.9. The van der Waals surface area contributed by atoms with Crippen LogP contribution in [-0.4, -0.2) is 35.1 Å². The van der Waals surface area contributed by atoms with Crippen LogP contribution in [0.1, 0.15) is 38.1 Å². The normalized spacial score (nSPS) is 21.2. The third kappa shape index (κ3) is 3.07. The number of hydrogen-bond donors (Lipinski definition) is 1. The molecule has 1 amide bonds. The Kier molecular flexibility index (Phi) is 3.31. The number of hydrogen-bond acceptors (Lipinski definition) is 3. The Morgan fingerprint density at radius 2 is 1.68 bits per heavy atom. The molecule has 0 atom stereocenters. The van der Waals surface area contributed by atoms with Crippen LogP contribution < -0.4 is 5.73 Å². The molecule has 4 nitrogen and oxygen atoms in total. The summed E-state index contributed by atoms with van der Waals surface area (Å²) in [5.41, 5.74) is 6.28. The summed E-state index contributed by atoms with van der Waals surface area (Å²) in [6.07, 6.45) is 0. The van der Waals surface area contributed by atoms with Crippen LogP contribution in [0.2, 0.25) is 0 Å². The van der Waals surface area contributed by atoms with Gasteiger partial charge in [0, 0.05) is 18.8 Å². The zero-order chi connectivity index (χ0) is 14.3. The van der Waals surface area contributed by atoms with Crippen molar-refractivity contribution in [2.24, 2.45) is 0 Å². The molecule has 19 heavy (non-hydrogen) atoms. The fraction of sp³-hybridized carbons (Fsp3) is 0.533. The predicted octanol–water partition coefficient (Wildman–Crippen LogP) is 2.30. The second kappa shape index (κ2) is 4.53. The first-order chi connectivity index (χ1) is 8.70. The Hall–Kier alpha value is -1.55. The summed E-state index contributed by atoms with van der Waals surface area (Å²) in [7, 11) is 0. The molecule has 1 aliphatic rings. The van der Waals surface area contributed by atoms with Crippen molar-refractivity contribution in [3.8, 4) is 0 Å². The summed E-state index contributed by atoms with van der Waals surface area (Å²) in [5, 5.41) is 0. The largest absolute Gasteiger partial charge is 0.398 e. The van der Waals surface area contributed by atoms with Gasteiger partial charge in [-0.3, -0.25) is 4.79 Å². The van der Waals surface area contributed by atoms with Crippen LogP contribution in [0.5, 0.6) is 0 Å². The summed E-state index contributed by atoms with van der Waals surface area (Å²) in [6.45, 7) is 9.16. The van der Waals surface area contributed by atoms with Crippen molar-refractivity contribution in [1.29, 1.82) is 0 Å². The van der Waals surface area contributed by atoms with Crippen LogP contribution in [0.15, 0.2) is 24.3 Å². The number of carbonyl (C=O) groups excluding carboxylic acids is 1. The van der Waals surface area contributed by atoms with Crippen LogP contribution in [0.3, 0.4) is 0 Å². The second-order valence-corrected chi connectivity index (χ2v) is 6.37. The van der Waals surface area contributed by atoms with E-state index < -0.39 is 0 Å². The number of benzene rings is 1. The monoisotopic (exact) mass is 262 g/mol. The molecule has 4 heteroatoms. The van der Waals surface area contributed by atoms with Crippen molar-refractivity contribution in [2.45, 2.75) is 38.9 Å². The van der Waals surface area contributed by atoms with E-state index in [1.807, 2.05) is 44.7 Å². The van der Waals surface area contributed by atoms with Gasteiger partial charge < -0.3 is 15.4 Å². The summed E-state index contributed by atoms with van der Waals surface area (Å²) >= 11 is 0. The minimum Gasteiger partial charge on any atom is -0.398 e. The standard InChI is InChI=1S/C15H22N2O2/c1-14(2)9-17(10-15(3,4)19-14)13(18)11-7-5-6-8-12(11)16/h5-8H,9-10,16H2,1-4H3. The molecule has 0 aliphatic carbocycles. The number of ether oxygens (including phenoxy) is 1. The van der Waals surface area contributed by atoms with Gasteiger partial charge in [0.2, 0.25) is 0 Å². The average molecular weight is 262 g/mol. The lowest BCUT2D eigenvalue weighted by Crippen LogP contribution is -2.58. The van der Waals surface area contributed by atoms with Crippen LogP contribution in [0.25, 0.3) is 0 Å². The van der Waals surface area contributed by atoms with Crippen LogP contribution in [0, 0.1) is 0 Å². The maximum absolute atomic E-state index is 12.6. The van der Waals surface area contributed by atoms with E-state index in [4.69, 9.17) is 10.5 Å². The van der Waals surface area contributed by atoms with Gasteiger partial charge >= 0.3 is 0 Å². The molecule has 0 unspecified atom stereocenters. The molecule has 2 N–H and O–H groups in total. The fourth-order valence-electron chi connectivity index (χ4n) is 2.79. The van der Waals surface area contributed by atoms with Crippen LogP contribution >= 0.6 is 0 Å². The van der Waals surface area contributed by atoms with E-state index in [-0.39, 0.29) is 17.1 Å².